The Bertz CT molecular complexity index is 144. The van der Waals surface area contributed by atoms with Gasteiger partial charge in [-0.15, -0.1) is 19.7 Å². The van der Waals surface area contributed by atoms with E-state index in [1.165, 1.54) is 5.06 Å². The van der Waals surface area contributed by atoms with Crippen LogP contribution in [-0.2, 0) is 0 Å². The van der Waals surface area contributed by atoms with E-state index in [1.54, 1.807) is 18.2 Å². The zero-order chi connectivity index (χ0) is 9.40. The number of hydrogen-bond acceptors (Lipinski definition) is 2. The third kappa shape index (κ3) is 4.11. The largest absolute Gasteiger partial charge is 0.313 e. The number of hydroxylamine groups is 2. The smallest absolute Gasteiger partial charge is 0.0422 e. The predicted molar refractivity (Wildman–Crippen MR) is 52.1 cm³/mol. The molecule has 0 aromatic carbocycles. The van der Waals surface area contributed by atoms with Gasteiger partial charge in [-0.25, -0.2) is 0 Å². The Morgan fingerprint density at radius 2 is 1.58 bits per heavy atom. The van der Waals surface area contributed by atoms with Crippen LogP contribution in [0.3, 0.4) is 0 Å². The minimum Gasteiger partial charge on any atom is -0.313 e. The maximum atomic E-state index is 9.44. The summed E-state index contributed by atoms with van der Waals surface area (Å²) in [6.45, 7) is 11.3. The summed E-state index contributed by atoms with van der Waals surface area (Å²) >= 11 is 0. The fraction of sp³-hybridized carbons (Fsp3) is 0.400. The van der Waals surface area contributed by atoms with Gasteiger partial charge in [0.15, 0.2) is 0 Å². The van der Waals surface area contributed by atoms with Crippen LogP contribution in [0.1, 0.15) is 12.8 Å². The molecule has 0 rings (SSSR count). The average Bonchev–Trinajstić information content (AvgIpc) is 2.04. The molecular formula is C10H17NO. The van der Waals surface area contributed by atoms with Gasteiger partial charge >= 0.3 is 0 Å². The lowest BCUT2D eigenvalue weighted by Crippen LogP contribution is -2.31. The van der Waals surface area contributed by atoms with Gasteiger partial charge in [-0.1, -0.05) is 18.2 Å². The molecule has 0 amide bonds. The standard InChI is InChI=1S/C10H17NO/c1-4-7-10(8-5-2)11(12)9-6-3/h4-6,10,12H,1-3,7-9H2. The highest BCUT2D eigenvalue weighted by Gasteiger charge is 2.11. The van der Waals surface area contributed by atoms with Crippen LogP contribution in [0.2, 0.25) is 0 Å². The minimum absolute atomic E-state index is 0.0815. The average molecular weight is 167 g/mol. The third-order valence-corrected chi connectivity index (χ3v) is 1.62. The maximum Gasteiger partial charge on any atom is 0.0422 e. The molecule has 0 spiro atoms. The van der Waals surface area contributed by atoms with Gasteiger partial charge in [-0.3, -0.25) is 0 Å². The molecule has 0 aromatic heterocycles. The van der Waals surface area contributed by atoms with Crippen molar-refractivity contribution >= 4 is 0 Å². The molecule has 0 aliphatic carbocycles. The van der Waals surface area contributed by atoms with E-state index >= 15 is 0 Å². The van der Waals surface area contributed by atoms with Crippen molar-refractivity contribution in [3.05, 3.63) is 38.0 Å². The highest BCUT2D eigenvalue weighted by Crippen LogP contribution is 2.07. The first-order valence-corrected chi connectivity index (χ1v) is 4.04. The van der Waals surface area contributed by atoms with Crippen LogP contribution < -0.4 is 0 Å². The van der Waals surface area contributed by atoms with Crippen LogP contribution in [0.25, 0.3) is 0 Å². The lowest BCUT2D eigenvalue weighted by Gasteiger charge is -2.22. The summed E-state index contributed by atoms with van der Waals surface area (Å²) in [6.07, 6.45) is 6.77. The molecule has 12 heavy (non-hydrogen) atoms. The van der Waals surface area contributed by atoms with E-state index < -0.39 is 0 Å². The van der Waals surface area contributed by atoms with E-state index in [9.17, 15) is 5.21 Å². The van der Waals surface area contributed by atoms with Crippen LogP contribution in [0.4, 0.5) is 0 Å². The number of nitrogens with zero attached hydrogens (tertiary/aromatic N) is 1. The van der Waals surface area contributed by atoms with Crippen molar-refractivity contribution in [3.63, 3.8) is 0 Å². The minimum atomic E-state index is 0.0815. The molecule has 68 valence electrons. The lowest BCUT2D eigenvalue weighted by atomic mass is 10.1. The van der Waals surface area contributed by atoms with Crippen molar-refractivity contribution in [1.29, 1.82) is 0 Å². The molecule has 1 N–H and O–H groups in total. The van der Waals surface area contributed by atoms with E-state index in [0.29, 0.717) is 6.54 Å². The number of hydrogen-bond donors (Lipinski definition) is 1. The molecule has 0 radical (unpaired) electrons. The van der Waals surface area contributed by atoms with Crippen molar-refractivity contribution < 1.29 is 5.21 Å². The zero-order valence-corrected chi connectivity index (χ0v) is 7.45. The van der Waals surface area contributed by atoms with Crippen molar-refractivity contribution in [1.82, 2.24) is 5.06 Å². The first-order valence-electron chi connectivity index (χ1n) is 4.04. The van der Waals surface area contributed by atoms with Gasteiger partial charge in [0, 0.05) is 12.6 Å². The van der Waals surface area contributed by atoms with Gasteiger partial charge in [-0.05, 0) is 12.8 Å². The monoisotopic (exact) mass is 167 g/mol. The Labute approximate surface area is 74.5 Å². The summed E-state index contributed by atoms with van der Waals surface area (Å²) in [5, 5.41) is 10.7. The molecule has 0 aliphatic heterocycles. The molecule has 0 fully saturated rings. The first kappa shape index (κ1) is 11.1. The van der Waals surface area contributed by atoms with E-state index in [2.05, 4.69) is 19.7 Å². The second-order valence-corrected chi connectivity index (χ2v) is 2.61. The molecule has 0 heterocycles. The van der Waals surface area contributed by atoms with E-state index in [-0.39, 0.29) is 6.04 Å². The summed E-state index contributed by atoms with van der Waals surface area (Å²) in [6, 6.07) is 0.0815. The normalized spacial score (nSPS) is 10.2. The molecule has 2 nitrogen and oxygen atoms in total. The maximum absolute atomic E-state index is 9.44. The highest BCUT2D eigenvalue weighted by atomic mass is 16.5. The molecule has 0 atom stereocenters. The van der Waals surface area contributed by atoms with E-state index in [1.807, 2.05) is 0 Å². The Balaban J connectivity index is 3.96. The molecule has 0 saturated carbocycles. The summed E-state index contributed by atoms with van der Waals surface area (Å²) in [4.78, 5) is 0. The molecule has 2 heteroatoms. The van der Waals surface area contributed by atoms with Crippen LogP contribution in [0.15, 0.2) is 38.0 Å². The Morgan fingerprint density at radius 1 is 1.08 bits per heavy atom. The number of rotatable bonds is 7. The highest BCUT2D eigenvalue weighted by molar-refractivity contribution is 4.85. The third-order valence-electron chi connectivity index (χ3n) is 1.62. The Hall–Kier alpha value is -0.860. The predicted octanol–water partition coefficient (Wildman–Crippen LogP) is 2.38. The van der Waals surface area contributed by atoms with Gasteiger partial charge in [0.05, 0.1) is 0 Å². The fourth-order valence-electron chi connectivity index (χ4n) is 1.01. The first-order chi connectivity index (χ1) is 5.76. The van der Waals surface area contributed by atoms with Crippen LogP contribution in [0, 0.1) is 0 Å². The SMILES string of the molecule is C=CCC(CC=C)N(O)CC=C. The van der Waals surface area contributed by atoms with Crippen molar-refractivity contribution in [3.8, 4) is 0 Å². The quantitative estimate of drug-likeness (QED) is 0.465. The second kappa shape index (κ2) is 6.83. The van der Waals surface area contributed by atoms with E-state index in [0.717, 1.165) is 12.8 Å². The summed E-state index contributed by atoms with van der Waals surface area (Å²) in [5.74, 6) is 0. The second-order valence-electron chi connectivity index (χ2n) is 2.61. The Morgan fingerprint density at radius 3 is 1.92 bits per heavy atom. The van der Waals surface area contributed by atoms with Gasteiger partial charge in [0.25, 0.3) is 0 Å². The van der Waals surface area contributed by atoms with Crippen molar-refractivity contribution in [2.45, 2.75) is 18.9 Å². The van der Waals surface area contributed by atoms with Crippen LogP contribution in [-0.4, -0.2) is 22.9 Å². The molecule has 0 aromatic rings. The Kier molecular flexibility index (Phi) is 6.34. The molecular weight excluding hydrogens is 150 g/mol. The lowest BCUT2D eigenvalue weighted by molar-refractivity contribution is -0.115. The molecule has 0 unspecified atom stereocenters. The van der Waals surface area contributed by atoms with Crippen LogP contribution in [0.5, 0.6) is 0 Å². The van der Waals surface area contributed by atoms with Gasteiger partial charge in [-0.2, -0.15) is 5.06 Å². The van der Waals surface area contributed by atoms with Crippen molar-refractivity contribution in [2.24, 2.45) is 0 Å². The van der Waals surface area contributed by atoms with Gasteiger partial charge < -0.3 is 5.21 Å². The topological polar surface area (TPSA) is 23.5 Å². The summed E-state index contributed by atoms with van der Waals surface area (Å²) in [5.41, 5.74) is 0. The summed E-state index contributed by atoms with van der Waals surface area (Å²) < 4.78 is 0. The molecule has 0 saturated heterocycles. The van der Waals surface area contributed by atoms with Crippen molar-refractivity contribution in [2.75, 3.05) is 6.54 Å². The van der Waals surface area contributed by atoms with E-state index in [4.69, 9.17) is 0 Å². The summed E-state index contributed by atoms with van der Waals surface area (Å²) in [7, 11) is 0. The van der Waals surface area contributed by atoms with Gasteiger partial charge in [0.1, 0.15) is 0 Å². The zero-order valence-electron chi connectivity index (χ0n) is 7.45. The van der Waals surface area contributed by atoms with Crippen LogP contribution >= 0.6 is 0 Å². The molecule has 0 bridgehead atoms. The fourth-order valence-corrected chi connectivity index (χ4v) is 1.01. The van der Waals surface area contributed by atoms with Gasteiger partial charge in [0.2, 0.25) is 0 Å². The molecule has 0 aliphatic rings.